The topological polar surface area (TPSA) is 17.1 Å². The van der Waals surface area contributed by atoms with Gasteiger partial charge in [0, 0.05) is 12.8 Å². The molecule has 0 aliphatic heterocycles. The standard InChI is InChI=1S/C30H59O/c1-3-5-7-9-11-13-15-17-19-21-23-25-27-29-30(31)28-26-24-22-20-18-16-14-12-10-8-6-4-2/h28H,3-27,29H2,1-2H3. The second kappa shape index (κ2) is 27.7. The minimum atomic E-state index is 0.398. The van der Waals surface area contributed by atoms with E-state index in [1.54, 1.807) is 0 Å². The number of unbranched alkanes of at least 4 members (excludes halogenated alkanes) is 23. The molecule has 1 nitrogen and oxygen atoms in total. The van der Waals surface area contributed by atoms with Gasteiger partial charge >= 0.3 is 0 Å². The van der Waals surface area contributed by atoms with Crippen LogP contribution in [0.15, 0.2) is 0 Å². The van der Waals surface area contributed by atoms with Crippen LogP contribution in [0.1, 0.15) is 181 Å². The van der Waals surface area contributed by atoms with E-state index in [4.69, 9.17) is 0 Å². The zero-order valence-corrected chi connectivity index (χ0v) is 21.9. The predicted octanol–water partition coefficient (Wildman–Crippen LogP) is 10.9. The predicted molar refractivity (Wildman–Crippen MR) is 141 cm³/mol. The van der Waals surface area contributed by atoms with Crippen LogP contribution in [0.5, 0.6) is 0 Å². The summed E-state index contributed by atoms with van der Waals surface area (Å²) in [6.45, 7) is 4.57. The van der Waals surface area contributed by atoms with E-state index in [9.17, 15) is 4.79 Å². The van der Waals surface area contributed by atoms with E-state index in [-0.39, 0.29) is 0 Å². The Labute approximate surface area is 197 Å². The quantitative estimate of drug-likeness (QED) is 0.117. The van der Waals surface area contributed by atoms with Crippen molar-refractivity contribution in [2.45, 2.75) is 181 Å². The Hall–Kier alpha value is -0.330. The van der Waals surface area contributed by atoms with Crippen LogP contribution < -0.4 is 0 Å². The molecule has 0 N–H and O–H groups in total. The molecule has 0 aliphatic rings. The molecule has 0 aliphatic carbocycles. The molecule has 0 spiro atoms. The molecule has 0 aromatic heterocycles. The third kappa shape index (κ3) is 27.6. The van der Waals surface area contributed by atoms with Gasteiger partial charge in [-0.1, -0.05) is 162 Å². The Morgan fingerprint density at radius 2 is 0.710 bits per heavy atom. The van der Waals surface area contributed by atoms with Crippen LogP contribution in [0.25, 0.3) is 0 Å². The van der Waals surface area contributed by atoms with Gasteiger partial charge in [-0.3, -0.25) is 4.79 Å². The Kier molecular flexibility index (Phi) is 27.4. The molecule has 0 fully saturated rings. The number of Topliss-reactive ketones (excluding diaryl/α,β-unsaturated/α-hetero) is 1. The first kappa shape index (κ1) is 30.7. The van der Waals surface area contributed by atoms with Gasteiger partial charge in [-0.25, -0.2) is 0 Å². The summed E-state index contributed by atoms with van der Waals surface area (Å²) in [7, 11) is 0. The minimum Gasteiger partial charge on any atom is -0.299 e. The van der Waals surface area contributed by atoms with Gasteiger partial charge in [0.1, 0.15) is 5.78 Å². The Morgan fingerprint density at radius 3 is 1.06 bits per heavy atom. The van der Waals surface area contributed by atoms with Crippen LogP contribution in [-0.4, -0.2) is 5.78 Å². The van der Waals surface area contributed by atoms with Crippen molar-refractivity contribution in [2.75, 3.05) is 0 Å². The molecule has 0 aromatic carbocycles. The summed E-state index contributed by atoms with van der Waals surface area (Å²) in [4.78, 5) is 12.0. The van der Waals surface area contributed by atoms with Crippen molar-refractivity contribution >= 4 is 5.78 Å². The van der Waals surface area contributed by atoms with Crippen molar-refractivity contribution in [2.24, 2.45) is 0 Å². The van der Waals surface area contributed by atoms with Gasteiger partial charge in [0.2, 0.25) is 0 Å². The lowest BCUT2D eigenvalue weighted by atomic mass is 10.0. The van der Waals surface area contributed by atoms with Crippen molar-refractivity contribution in [1.82, 2.24) is 0 Å². The molecule has 31 heavy (non-hydrogen) atoms. The first-order chi connectivity index (χ1) is 15.3. The minimum absolute atomic E-state index is 0.398. The van der Waals surface area contributed by atoms with Crippen LogP contribution in [0.4, 0.5) is 0 Å². The molecule has 0 aromatic rings. The third-order valence-corrected chi connectivity index (χ3v) is 6.71. The molecule has 0 atom stereocenters. The number of ketones is 1. The van der Waals surface area contributed by atoms with E-state index in [1.165, 1.54) is 148 Å². The fourth-order valence-corrected chi connectivity index (χ4v) is 4.49. The maximum absolute atomic E-state index is 12.0. The van der Waals surface area contributed by atoms with Gasteiger partial charge in [0.25, 0.3) is 0 Å². The summed E-state index contributed by atoms with van der Waals surface area (Å²) in [6, 6.07) is 0. The van der Waals surface area contributed by atoms with E-state index >= 15 is 0 Å². The molecular weight excluding hydrogens is 376 g/mol. The summed E-state index contributed by atoms with van der Waals surface area (Å²) in [6.07, 6.45) is 36.7. The first-order valence-electron chi connectivity index (χ1n) is 14.7. The zero-order chi connectivity index (χ0) is 22.7. The summed E-state index contributed by atoms with van der Waals surface area (Å²) >= 11 is 0. The molecule has 0 bridgehead atoms. The summed E-state index contributed by atoms with van der Waals surface area (Å²) in [5, 5.41) is 0. The third-order valence-electron chi connectivity index (χ3n) is 6.71. The fourth-order valence-electron chi connectivity index (χ4n) is 4.49. The highest BCUT2D eigenvalue weighted by Crippen LogP contribution is 2.15. The monoisotopic (exact) mass is 435 g/mol. The fraction of sp³-hybridized carbons (Fsp3) is 0.933. The Balaban J connectivity index is 3.14. The first-order valence-corrected chi connectivity index (χ1v) is 14.7. The molecule has 1 radical (unpaired) electrons. The van der Waals surface area contributed by atoms with E-state index in [0.29, 0.717) is 5.78 Å². The molecule has 185 valence electrons. The highest BCUT2D eigenvalue weighted by Gasteiger charge is 2.02. The van der Waals surface area contributed by atoms with Crippen molar-refractivity contribution in [3.8, 4) is 0 Å². The highest BCUT2D eigenvalue weighted by molar-refractivity contribution is 5.86. The van der Waals surface area contributed by atoms with Crippen LogP contribution in [0, 0.1) is 6.42 Å². The van der Waals surface area contributed by atoms with Crippen molar-refractivity contribution in [3.63, 3.8) is 0 Å². The Bertz CT molecular complexity index is 335. The van der Waals surface area contributed by atoms with E-state index in [2.05, 4.69) is 13.8 Å². The zero-order valence-electron chi connectivity index (χ0n) is 21.9. The second-order valence-corrected chi connectivity index (χ2v) is 9.99. The van der Waals surface area contributed by atoms with Crippen LogP contribution in [0.3, 0.4) is 0 Å². The molecule has 0 heterocycles. The molecule has 1 heteroatoms. The van der Waals surface area contributed by atoms with Crippen LogP contribution >= 0.6 is 0 Å². The lowest BCUT2D eigenvalue weighted by Crippen LogP contribution is -1.98. The van der Waals surface area contributed by atoms with E-state index < -0.39 is 0 Å². The van der Waals surface area contributed by atoms with Crippen molar-refractivity contribution in [1.29, 1.82) is 0 Å². The maximum Gasteiger partial charge on any atom is 0.136 e. The highest BCUT2D eigenvalue weighted by atomic mass is 16.1. The van der Waals surface area contributed by atoms with Gasteiger partial charge in [0.05, 0.1) is 0 Å². The molecule has 0 saturated carbocycles. The maximum atomic E-state index is 12.0. The van der Waals surface area contributed by atoms with E-state index in [1.807, 2.05) is 6.42 Å². The van der Waals surface area contributed by atoms with Gasteiger partial charge in [-0.2, -0.15) is 0 Å². The average Bonchev–Trinajstić information content (AvgIpc) is 2.77. The van der Waals surface area contributed by atoms with Gasteiger partial charge in [0.15, 0.2) is 0 Å². The number of rotatable bonds is 27. The largest absolute Gasteiger partial charge is 0.299 e. The SMILES string of the molecule is CCCCCCCCCCCCC[CH]C(=O)CCCCCCCCCCCCCCC. The number of carbonyl (C=O) groups excluding carboxylic acids is 1. The van der Waals surface area contributed by atoms with Gasteiger partial charge in [-0.15, -0.1) is 0 Å². The van der Waals surface area contributed by atoms with E-state index in [0.717, 1.165) is 19.3 Å². The molecular formula is C30H59O. The summed E-state index contributed by atoms with van der Waals surface area (Å²) < 4.78 is 0. The second-order valence-electron chi connectivity index (χ2n) is 9.99. The van der Waals surface area contributed by atoms with Crippen molar-refractivity contribution < 1.29 is 4.79 Å². The molecule has 0 rings (SSSR count). The lowest BCUT2D eigenvalue weighted by molar-refractivity contribution is -0.116. The smallest absolute Gasteiger partial charge is 0.136 e. The van der Waals surface area contributed by atoms with Crippen molar-refractivity contribution in [3.05, 3.63) is 6.42 Å². The Morgan fingerprint density at radius 1 is 0.419 bits per heavy atom. The lowest BCUT2D eigenvalue weighted by Gasteiger charge is -2.04. The summed E-state index contributed by atoms with van der Waals surface area (Å²) in [5.41, 5.74) is 0. The number of hydrogen-bond acceptors (Lipinski definition) is 1. The summed E-state index contributed by atoms with van der Waals surface area (Å²) in [5.74, 6) is 0.398. The molecule has 0 unspecified atom stereocenters. The molecule has 0 saturated heterocycles. The van der Waals surface area contributed by atoms with Crippen LogP contribution in [-0.2, 0) is 4.79 Å². The molecule has 0 amide bonds. The number of carbonyl (C=O) groups is 1. The van der Waals surface area contributed by atoms with Gasteiger partial charge in [-0.05, 0) is 12.8 Å². The number of hydrogen-bond donors (Lipinski definition) is 0. The van der Waals surface area contributed by atoms with Crippen LogP contribution in [0.2, 0.25) is 0 Å². The average molecular weight is 436 g/mol. The van der Waals surface area contributed by atoms with Gasteiger partial charge < -0.3 is 0 Å². The normalized spacial score (nSPS) is 11.3.